The Morgan fingerprint density at radius 2 is 1.83 bits per heavy atom. The van der Waals surface area contributed by atoms with Crippen LogP contribution in [0, 0.1) is 0 Å². The maximum Gasteiger partial charge on any atom is 0.0447 e. The Bertz CT molecular complexity index is 335. The maximum absolute atomic E-state index is 8.95. The minimum atomic E-state index is 0.129. The van der Waals surface area contributed by atoms with Crippen molar-refractivity contribution in [2.75, 3.05) is 18.1 Å². The summed E-state index contributed by atoms with van der Waals surface area (Å²) in [5.41, 5.74) is 8.40. The van der Waals surface area contributed by atoms with Crippen LogP contribution in [0.1, 0.15) is 45.2 Å². The third kappa shape index (κ3) is 4.00. The molecule has 0 heterocycles. The monoisotopic (exact) mass is 250 g/mol. The van der Waals surface area contributed by atoms with Gasteiger partial charge in [-0.1, -0.05) is 19.1 Å². The molecule has 1 atom stereocenters. The first-order chi connectivity index (χ1) is 8.60. The molecular weight excluding hydrogens is 224 g/mol. The zero-order chi connectivity index (χ0) is 13.5. The van der Waals surface area contributed by atoms with E-state index in [1.807, 2.05) is 0 Å². The van der Waals surface area contributed by atoms with E-state index in [4.69, 9.17) is 10.8 Å². The van der Waals surface area contributed by atoms with Crippen LogP contribution < -0.4 is 10.6 Å². The molecule has 0 aromatic heterocycles. The van der Waals surface area contributed by atoms with E-state index in [2.05, 4.69) is 49.9 Å². The second-order valence-electron chi connectivity index (χ2n) is 4.97. The van der Waals surface area contributed by atoms with Gasteiger partial charge in [-0.25, -0.2) is 0 Å². The molecule has 0 fully saturated rings. The van der Waals surface area contributed by atoms with Gasteiger partial charge in [0, 0.05) is 30.9 Å². The van der Waals surface area contributed by atoms with Crippen LogP contribution in [0.2, 0.25) is 0 Å². The molecule has 0 spiro atoms. The molecule has 0 aliphatic rings. The van der Waals surface area contributed by atoms with Gasteiger partial charge in [0.15, 0.2) is 0 Å². The maximum atomic E-state index is 8.95. The van der Waals surface area contributed by atoms with Crippen LogP contribution in [0.4, 0.5) is 5.69 Å². The van der Waals surface area contributed by atoms with Crippen LogP contribution in [-0.4, -0.2) is 24.3 Å². The van der Waals surface area contributed by atoms with Crippen molar-refractivity contribution < 1.29 is 5.11 Å². The lowest BCUT2D eigenvalue weighted by Gasteiger charge is -2.29. The van der Waals surface area contributed by atoms with Crippen molar-refractivity contribution in [3.05, 3.63) is 29.8 Å². The summed E-state index contributed by atoms with van der Waals surface area (Å²) in [4.78, 5) is 2.30. The predicted octanol–water partition coefficient (Wildman–Crippen LogP) is 2.69. The van der Waals surface area contributed by atoms with Crippen molar-refractivity contribution >= 4 is 5.69 Å². The third-order valence-corrected chi connectivity index (χ3v) is 3.27. The van der Waals surface area contributed by atoms with E-state index in [0.29, 0.717) is 6.04 Å². The van der Waals surface area contributed by atoms with Crippen molar-refractivity contribution in [3.8, 4) is 0 Å². The van der Waals surface area contributed by atoms with Crippen molar-refractivity contribution in [3.63, 3.8) is 0 Å². The highest BCUT2D eigenvalue weighted by molar-refractivity contribution is 5.48. The van der Waals surface area contributed by atoms with E-state index in [-0.39, 0.29) is 12.6 Å². The second-order valence-corrected chi connectivity index (χ2v) is 4.97. The average molecular weight is 250 g/mol. The number of rotatable bonds is 7. The standard InChI is InChI=1S/C15H26N2O/c1-4-15(16)13-6-8-14(9-7-13)17(12(2)3)10-5-11-18/h6-9,12,15,18H,4-5,10-11,16H2,1-3H3. The molecule has 1 aromatic rings. The highest BCUT2D eigenvalue weighted by atomic mass is 16.3. The van der Waals surface area contributed by atoms with Gasteiger partial charge in [-0.15, -0.1) is 0 Å². The average Bonchev–Trinajstić information content (AvgIpc) is 2.38. The van der Waals surface area contributed by atoms with Crippen molar-refractivity contribution in [1.82, 2.24) is 0 Å². The summed E-state index contributed by atoms with van der Waals surface area (Å²) >= 11 is 0. The summed E-state index contributed by atoms with van der Waals surface area (Å²) in [6.45, 7) is 7.56. The van der Waals surface area contributed by atoms with E-state index in [1.54, 1.807) is 0 Å². The Morgan fingerprint density at radius 3 is 2.28 bits per heavy atom. The molecule has 0 amide bonds. The fourth-order valence-electron chi connectivity index (χ4n) is 2.08. The van der Waals surface area contributed by atoms with Crippen LogP contribution >= 0.6 is 0 Å². The van der Waals surface area contributed by atoms with Gasteiger partial charge in [0.25, 0.3) is 0 Å². The lowest BCUT2D eigenvalue weighted by atomic mass is 10.0. The van der Waals surface area contributed by atoms with Gasteiger partial charge >= 0.3 is 0 Å². The van der Waals surface area contributed by atoms with Crippen molar-refractivity contribution in [2.45, 2.75) is 45.7 Å². The van der Waals surface area contributed by atoms with E-state index >= 15 is 0 Å². The zero-order valence-corrected chi connectivity index (χ0v) is 11.8. The highest BCUT2D eigenvalue weighted by Crippen LogP contribution is 2.21. The fourth-order valence-corrected chi connectivity index (χ4v) is 2.08. The molecule has 18 heavy (non-hydrogen) atoms. The molecule has 0 bridgehead atoms. The molecule has 3 N–H and O–H groups in total. The van der Waals surface area contributed by atoms with Gasteiger partial charge in [-0.2, -0.15) is 0 Å². The normalized spacial score (nSPS) is 12.8. The fraction of sp³-hybridized carbons (Fsp3) is 0.600. The molecule has 3 heteroatoms. The minimum absolute atomic E-state index is 0.129. The number of hydrogen-bond donors (Lipinski definition) is 2. The number of aliphatic hydroxyl groups is 1. The lowest BCUT2D eigenvalue weighted by molar-refractivity contribution is 0.288. The predicted molar refractivity (Wildman–Crippen MR) is 77.8 cm³/mol. The van der Waals surface area contributed by atoms with Crippen LogP contribution in [-0.2, 0) is 0 Å². The molecule has 0 aliphatic carbocycles. The molecule has 102 valence electrons. The molecule has 0 saturated carbocycles. The smallest absolute Gasteiger partial charge is 0.0447 e. The summed E-state index contributed by atoms with van der Waals surface area (Å²) in [6.07, 6.45) is 1.76. The quantitative estimate of drug-likeness (QED) is 0.782. The number of nitrogens with two attached hydrogens (primary N) is 1. The second kappa shape index (κ2) is 7.39. The summed E-state index contributed by atoms with van der Waals surface area (Å²) in [6, 6.07) is 9.03. The third-order valence-electron chi connectivity index (χ3n) is 3.27. The van der Waals surface area contributed by atoms with Gasteiger partial charge in [-0.05, 0) is 44.4 Å². The molecule has 1 aromatic carbocycles. The summed E-state index contributed by atoms with van der Waals surface area (Å²) in [7, 11) is 0. The van der Waals surface area contributed by atoms with E-state index in [1.165, 1.54) is 11.3 Å². The van der Waals surface area contributed by atoms with Gasteiger partial charge < -0.3 is 15.7 Å². The van der Waals surface area contributed by atoms with Crippen LogP contribution in [0.25, 0.3) is 0 Å². The zero-order valence-electron chi connectivity index (χ0n) is 11.8. The minimum Gasteiger partial charge on any atom is -0.396 e. The number of hydrogen-bond acceptors (Lipinski definition) is 3. The number of anilines is 1. The Labute approximate surface area is 111 Å². The number of nitrogens with zero attached hydrogens (tertiary/aromatic N) is 1. The number of aliphatic hydroxyl groups excluding tert-OH is 1. The summed E-state index contributed by atoms with van der Waals surface area (Å²) in [5, 5.41) is 8.95. The van der Waals surface area contributed by atoms with Crippen molar-refractivity contribution in [2.24, 2.45) is 5.73 Å². The van der Waals surface area contributed by atoms with E-state index in [9.17, 15) is 0 Å². The molecule has 0 aliphatic heterocycles. The molecular formula is C15H26N2O. The Hall–Kier alpha value is -1.06. The van der Waals surface area contributed by atoms with Crippen LogP contribution in [0.3, 0.4) is 0 Å². The molecule has 0 saturated heterocycles. The highest BCUT2D eigenvalue weighted by Gasteiger charge is 2.10. The molecule has 1 rings (SSSR count). The van der Waals surface area contributed by atoms with Gasteiger partial charge in [0.1, 0.15) is 0 Å². The van der Waals surface area contributed by atoms with E-state index < -0.39 is 0 Å². The Balaban J connectivity index is 2.80. The SMILES string of the molecule is CCC(N)c1ccc(N(CCCO)C(C)C)cc1. The number of benzene rings is 1. The van der Waals surface area contributed by atoms with Gasteiger partial charge in [0.2, 0.25) is 0 Å². The van der Waals surface area contributed by atoms with E-state index in [0.717, 1.165) is 19.4 Å². The summed E-state index contributed by atoms with van der Waals surface area (Å²) in [5.74, 6) is 0. The largest absolute Gasteiger partial charge is 0.396 e. The Kier molecular flexibility index (Phi) is 6.16. The Morgan fingerprint density at radius 1 is 1.22 bits per heavy atom. The van der Waals surface area contributed by atoms with Crippen LogP contribution in [0.15, 0.2) is 24.3 Å². The van der Waals surface area contributed by atoms with Gasteiger partial charge in [-0.3, -0.25) is 0 Å². The first-order valence-corrected chi connectivity index (χ1v) is 6.83. The molecule has 1 unspecified atom stereocenters. The van der Waals surface area contributed by atoms with Crippen LogP contribution in [0.5, 0.6) is 0 Å². The first-order valence-electron chi connectivity index (χ1n) is 6.83. The first kappa shape index (κ1) is 15.0. The van der Waals surface area contributed by atoms with Crippen molar-refractivity contribution in [1.29, 1.82) is 0 Å². The summed E-state index contributed by atoms with van der Waals surface area (Å²) < 4.78 is 0. The molecule has 0 radical (unpaired) electrons. The molecule has 3 nitrogen and oxygen atoms in total. The van der Waals surface area contributed by atoms with Gasteiger partial charge in [0.05, 0.1) is 0 Å². The topological polar surface area (TPSA) is 49.5 Å². The lowest BCUT2D eigenvalue weighted by Crippen LogP contribution is -2.32.